The van der Waals surface area contributed by atoms with Crippen molar-refractivity contribution in [3.8, 4) is 16.9 Å². The number of pyridine rings is 1. The van der Waals surface area contributed by atoms with Crippen LogP contribution in [0.5, 0.6) is 5.75 Å². The Morgan fingerprint density at radius 1 is 1.16 bits per heavy atom. The molecule has 2 heterocycles. The van der Waals surface area contributed by atoms with Crippen molar-refractivity contribution in [2.24, 2.45) is 0 Å². The van der Waals surface area contributed by atoms with Crippen molar-refractivity contribution in [3.05, 3.63) is 82.3 Å². The van der Waals surface area contributed by atoms with Crippen LogP contribution in [0.25, 0.3) is 22.1 Å². The Balaban J connectivity index is 1.58. The molecule has 1 atom stereocenters. The standard InChI is InChI=1S/C29H31BrN2O5S/c1-5-35-27(33)15-21-6-7-23(30)16-26(21)37-18-19-12-22-9-11-36-28(22)25(13-19)20-8-10-31-24(14-20)17-32-38(34)29(2,3)4/h6-14,16,32H,5,15,17-18H2,1-4H3. The number of ether oxygens (including phenoxy) is 2. The van der Waals surface area contributed by atoms with Crippen molar-refractivity contribution in [2.75, 3.05) is 6.61 Å². The Labute approximate surface area is 234 Å². The summed E-state index contributed by atoms with van der Waals surface area (Å²) in [5.74, 6) is 0.321. The van der Waals surface area contributed by atoms with Crippen LogP contribution in [0.1, 0.15) is 44.5 Å². The molecule has 0 aliphatic rings. The third kappa shape index (κ3) is 7.17. The lowest BCUT2D eigenvalue weighted by Crippen LogP contribution is -2.39. The van der Waals surface area contributed by atoms with E-state index in [4.69, 9.17) is 13.9 Å². The van der Waals surface area contributed by atoms with E-state index >= 15 is 0 Å². The van der Waals surface area contributed by atoms with Gasteiger partial charge >= 0.3 is 5.97 Å². The minimum atomic E-state index is -1.20. The third-order valence-corrected chi connectivity index (χ3v) is 7.75. The molecule has 4 aromatic rings. The van der Waals surface area contributed by atoms with Crippen LogP contribution in [-0.2, 0) is 40.5 Å². The van der Waals surface area contributed by atoms with E-state index in [0.29, 0.717) is 25.5 Å². The highest BCUT2D eigenvalue weighted by molar-refractivity contribution is 9.10. The van der Waals surface area contributed by atoms with Gasteiger partial charge in [-0.15, -0.1) is 4.72 Å². The molecule has 2 aromatic carbocycles. The second-order valence-corrected chi connectivity index (χ2v) is 12.7. The highest BCUT2D eigenvalue weighted by Gasteiger charge is 2.26. The van der Waals surface area contributed by atoms with Crippen LogP contribution in [0.3, 0.4) is 0 Å². The Bertz CT molecular complexity index is 1420. The molecule has 9 heteroatoms. The van der Waals surface area contributed by atoms with Crippen LogP contribution in [0, 0.1) is 0 Å². The van der Waals surface area contributed by atoms with E-state index in [1.807, 2.05) is 69.3 Å². The molecule has 1 N–H and O–H groups in total. The van der Waals surface area contributed by atoms with Crippen molar-refractivity contribution in [2.45, 2.75) is 52.0 Å². The molecule has 0 aliphatic carbocycles. The minimum Gasteiger partial charge on any atom is -0.598 e. The number of furan rings is 1. The zero-order valence-corrected chi connectivity index (χ0v) is 24.3. The maximum Gasteiger partial charge on any atom is 0.310 e. The Morgan fingerprint density at radius 2 is 1.97 bits per heavy atom. The van der Waals surface area contributed by atoms with Gasteiger partial charge in [0.25, 0.3) is 0 Å². The number of aromatic nitrogens is 1. The van der Waals surface area contributed by atoms with E-state index in [1.165, 1.54) is 0 Å². The van der Waals surface area contributed by atoms with Crippen LogP contribution in [0.4, 0.5) is 0 Å². The molecule has 0 saturated carbocycles. The second-order valence-electron chi connectivity index (χ2n) is 9.74. The van der Waals surface area contributed by atoms with E-state index in [-0.39, 0.29) is 17.1 Å². The van der Waals surface area contributed by atoms with Gasteiger partial charge in [0.1, 0.15) is 22.7 Å². The zero-order valence-electron chi connectivity index (χ0n) is 21.9. The van der Waals surface area contributed by atoms with Gasteiger partial charge in [0.2, 0.25) is 0 Å². The molecule has 7 nitrogen and oxygen atoms in total. The van der Waals surface area contributed by atoms with E-state index in [9.17, 15) is 9.35 Å². The molecule has 4 rings (SSSR count). The molecule has 2 aromatic heterocycles. The summed E-state index contributed by atoms with van der Waals surface area (Å²) in [6.45, 7) is 8.58. The molecular weight excluding hydrogens is 568 g/mol. The van der Waals surface area contributed by atoms with Crippen molar-refractivity contribution in [1.29, 1.82) is 0 Å². The van der Waals surface area contributed by atoms with Crippen molar-refractivity contribution < 1.29 is 23.2 Å². The first-order valence-corrected chi connectivity index (χ1v) is 14.3. The van der Waals surface area contributed by atoms with Crippen LogP contribution in [0.2, 0.25) is 0 Å². The lowest BCUT2D eigenvalue weighted by Gasteiger charge is -2.23. The fourth-order valence-corrected chi connectivity index (χ4v) is 4.93. The van der Waals surface area contributed by atoms with Crippen LogP contribution in [0.15, 0.2) is 69.9 Å². The summed E-state index contributed by atoms with van der Waals surface area (Å²) >= 11 is 2.29. The number of hydrogen-bond acceptors (Lipinski definition) is 7. The summed E-state index contributed by atoms with van der Waals surface area (Å²) in [5, 5.41) is 0.951. The average molecular weight is 600 g/mol. The normalized spacial score (nSPS) is 12.5. The minimum absolute atomic E-state index is 0.135. The van der Waals surface area contributed by atoms with Gasteiger partial charge in [-0.1, -0.05) is 22.0 Å². The molecule has 38 heavy (non-hydrogen) atoms. The number of esters is 1. The first kappa shape index (κ1) is 28.2. The molecular formula is C29H31BrN2O5S. The second kappa shape index (κ2) is 12.3. The number of hydrogen-bond donors (Lipinski definition) is 1. The summed E-state index contributed by atoms with van der Waals surface area (Å²) < 4.78 is 33.1. The zero-order chi connectivity index (χ0) is 27.3. The van der Waals surface area contributed by atoms with Crippen LogP contribution < -0.4 is 9.46 Å². The Kier molecular flexibility index (Phi) is 9.15. The summed E-state index contributed by atoms with van der Waals surface area (Å²) in [4.78, 5) is 16.5. The van der Waals surface area contributed by atoms with E-state index in [0.717, 1.165) is 43.4 Å². The number of fused-ring (bicyclic) bond motifs is 1. The molecule has 0 aliphatic heterocycles. The third-order valence-electron chi connectivity index (χ3n) is 5.74. The van der Waals surface area contributed by atoms with Gasteiger partial charge in [-0.3, -0.25) is 9.78 Å². The van der Waals surface area contributed by atoms with Gasteiger partial charge in [0.05, 0.1) is 31.5 Å². The number of halogens is 1. The smallest absolute Gasteiger partial charge is 0.310 e. The predicted octanol–water partition coefficient (Wildman–Crippen LogP) is 6.49. The summed E-state index contributed by atoms with van der Waals surface area (Å²) in [7, 11) is 0. The molecule has 0 amide bonds. The fourth-order valence-electron chi connectivity index (χ4n) is 3.88. The lowest BCUT2D eigenvalue weighted by molar-refractivity contribution is -0.142. The summed E-state index contributed by atoms with van der Waals surface area (Å²) in [5.41, 5.74) is 5.09. The average Bonchev–Trinajstić information content (AvgIpc) is 3.35. The van der Waals surface area contributed by atoms with Gasteiger partial charge in [0, 0.05) is 38.5 Å². The summed E-state index contributed by atoms with van der Waals surface area (Å²) in [6.07, 6.45) is 3.55. The quantitative estimate of drug-likeness (QED) is 0.164. The van der Waals surface area contributed by atoms with Gasteiger partial charge in [-0.2, -0.15) is 0 Å². The van der Waals surface area contributed by atoms with E-state index in [2.05, 4.69) is 25.6 Å². The van der Waals surface area contributed by atoms with Gasteiger partial charge in [-0.05, 0) is 81.3 Å². The first-order valence-electron chi connectivity index (χ1n) is 12.3. The molecule has 0 bridgehead atoms. The highest BCUT2D eigenvalue weighted by atomic mass is 79.9. The monoisotopic (exact) mass is 598 g/mol. The molecule has 0 radical (unpaired) electrons. The Morgan fingerprint density at radius 3 is 2.74 bits per heavy atom. The number of nitrogens with one attached hydrogen (secondary N) is 1. The van der Waals surface area contributed by atoms with Crippen molar-refractivity contribution in [1.82, 2.24) is 9.71 Å². The topological polar surface area (TPSA) is 96.7 Å². The Hall–Kier alpha value is -2.85. The lowest BCUT2D eigenvalue weighted by atomic mass is 10.0. The van der Waals surface area contributed by atoms with Crippen molar-refractivity contribution in [3.63, 3.8) is 0 Å². The number of nitrogens with zero attached hydrogens (tertiary/aromatic N) is 1. The molecule has 0 spiro atoms. The SMILES string of the molecule is CCOC(=O)Cc1ccc(Br)cc1OCc1cc(-c2ccnc(CN[S+]([O-])C(C)(C)C)c2)c2occc2c1. The molecule has 0 fully saturated rings. The molecule has 0 saturated heterocycles. The van der Waals surface area contributed by atoms with Crippen molar-refractivity contribution >= 4 is 44.2 Å². The molecule has 1 unspecified atom stereocenters. The highest BCUT2D eigenvalue weighted by Crippen LogP contribution is 2.32. The number of carbonyl (C=O) groups is 1. The van der Waals surface area contributed by atoms with Gasteiger partial charge in [0.15, 0.2) is 0 Å². The van der Waals surface area contributed by atoms with E-state index < -0.39 is 11.4 Å². The number of carbonyl (C=O) groups excluding carboxylic acids is 1. The van der Waals surface area contributed by atoms with Crippen LogP contribution in [-0.4, -0.2) is 26.9 Å². The van der Waals surface area contributed by atoms with Gasteiger partial charge < -0.3 is 18.4 Å². The number of rotatable bonds is 10. The first-order chi connectivity index (χ1) is 18.1. The van der Waals surface area contributed by atoms with E-state index in [1.54, 1.807) is 19.4 Å². The van der Waals surface area contributed by atoms with Gasteiger partial charge in [-0.25, -0.2) is 0 Å². The number of benzene rings is 2. The predicted molar refractivity (Wildman–Crippen MR) is 153 cm³/mol. The largest absolute Gasteiger partial charge is 0.598 e. The molecule has 200 valence electrons. The maximum absolute atomic E-state index is 12.4. The fraction of sp³-hybridized carbons (Fsp3) is 0.310. The summed E-state index contributed by atoms with van der Waals surface area (Å²) in [6, 6.07) is 15.5. The van der Waals surface area contributed by atoms with Crippen LogP contribution >= 0.6 is 15.9 Å². The maximum atomic E-state index is 12.4.